The van der Waals surface area contributed by atoms with Crippen LogP contribution in [-0.4, -0.2) is 237 Å². The van der Waals surface area contributed by atoms with Gasteiger partial charge in [-0.1, -0.05) is 0 Å². The molecule has 42 nitrogen and oxygen atoms in total. The number of nitrogens with two attached hydrogens (primary N) is 4. The monoisotopic (exact) mass is 1350 g/mol. The molecule has 0 amide bonds. The number of fused-ring (bicyclic) bond motifs is 4. The van der Waals surface area contributed by atoms with Crippen LogP contribution in [0.2, 0.25) is 0 Å². The van der Waals surface area contributed by atoms with Crippen molar-refractivity contribution in [1.82, 2.24) is 78.4 Å². The largest absolute Gasteiger partial charge is 0.472 e. The van der Waals surface area contributed by atoms with E-state index in [1.54, 1.807) is 15.7 Å². The highest BCUT2D eigenvalue weighted by Crippen LogP contribution is 2.53. The zero-order valence-corrected chi connectivity index (χ0v) is 51.2. The summed E-state index contributed by atoms with van der Waals surface area (Å²) in [5, 5.41) is 21.7. The average Bonchev–Trinajstić information content (AvgIpc) is 1.70. The van der Waals surface area contributed by atoms with Crippen molar-refractivity contribution in [3.63, 3.8) is 0 Å². The van der Waals surface area contributed by atoms with E-state index in [0.717, 1.165) is 0 Å². The number of phosphoric acid groups is 3. The summed E-state index contributed by atoms with van der Waals surface area (Å²) in [6.07, 6.45) is -9.04. The van der Waals surface area contributed by atoms with Crippen molar-refractivity contribution in [3.05, 3.63) is 64.1 Å². The van der Waals surface area contributed by atoms with E-state index < -0.39 is 146 Å². The number of phosphoric ester groups is 3. The maximum atomic E-state index is 14.4. The Bertz CT molecular complexity index is 4270. The van der Waals surface area contributed by atoms with Crippen LogP contribution in [0.25, 0.3) is 44.5 Å². The first-order chi connectivity index (χ1) is 43.9. The highest BCUT2D eigenvalue weighted by atomic mass is 31.2. The number of rotatable bonds is 26. The number of nitrogen functional groups attached to an aromatic ring is 4. The number of aromatic nitrogens is 15. The number of nitrogens with one attached hydrogen (secondary N) is 3. The van der Waals surface area contributed by atoms with Crippen molar-refractivity contribution in [1.29, 1.82) is 0 Å². The number of aliphatic hydroxyl groups is 2. The molecule has 45 heteroatoms. The molecular weight excluding hydrogens is 1290 g/mol. The summed E-state index contributed by atoms with van der Waals surface area (Å²) < 4.78 is 116. The molecule has 0 spiro atoms. The van der Waals surface area contributed by atoms with Crippen LogP contribution in [0.3, 0.4) is 0 Å². The fraction of sp³-hybridized carbons (Fsp3) is 0.553. The van der Waals surface area contributed by atoms with E-state index in [4.69, 9.17) is 78.5 Å². The molecule has 12 rings (SSSR count). The van der Waals surface area contributed by atoms with Gasteiger partial charge in [0, 0.05) is 58.6 Å². The minimum Gasteiger partial charge on any atom is -0.394 e. The van der Waals surface area contributed by atoms with Gasteiger partial charge in [-0.25, -0.2) is 48.6 Å². The molecule has 0 saturated carbocycles. The highest BCUT2D eigenvalue weighted by molar-refractivity contribution is 7.48. The first kappa shape index (κ1) is 65.1. The Morgan fingerprint density at radius 1 is 0.598 bits per heavy atom. The second-order valence-corrected chi connectivity index (χ2v) is 25.9. The van der Waals surface area contributed by atoms with E-state index in [0.29, 0.717) is 27.8 Å². The van der Waals surface area contributed by atoms with Crippen LogP contribution in [-0.2, 0) is 88.9 Å². The number of imidazole rings is 3. The lowest BCUT2D eigenvalue weighted by molar-refractivity contribution is -0.0583. The summed E-state index contributed by atoms with van der Waals surface area (Å²) in [6, 6.07) is 0. The zero-order valence-electron chi connectivity index (χ0n) is 48.6. The van der Waals surface area contributed by atoms with Crippen molar-refractivity contribution in [2.75, 3.05) is 83.8 Å². The van der Waals surface area contributed by atoms with E-state index in [-0.39, 0.29) is 78.6 Å². The van der Waals surface area contributed by atoms with Gasteiger partial charge in [-0.05, 0) is 0 Å². The normalized spacial score (nSPS) is 29.1. The highest BCUT2D eigenvalue weighted by Gasteiger charge is 2.54. The van der Waals surface area contributed by atoms with Crippen molar-refractivity contribution in [3.8, 4) is 0 Å². The summed E-state index contributed by atoms with van der Waals surface area (Å²) in [4.78, 5) is 107. The number of nitrogens with zero attached hydrogens (tertiary/aromatic N) is 13. The fourth-order valence-electron chi connectivity index (χ4n) is 11.8. The molecule has 498 valence electrons. The summed E-state index contributed by atoms with van der Waals surface area (Å²) >= 11 is 0. The number of H-pyrrole nitrogens is 3. The molecule has 10 unspecified atom stereocenters. The van der Waals surface area contributed by atoms with Gasteiger partial charge < -0.3 is 90.4 Å². The molecule has 8 aromatic heterocycles. The average molecular weight is 1350 g/mol. The third-order valence-corrected chi connectivity index (χ3v) is 19.0. The van der Waals surface area contributed by atoms with Gasteiger partial charge in [-0.2, -0.15) is 9.97 Å². The number of likely N-dealkylation sites (tertiary alicyclic amines) is 1. The molecule has 0 bridgehead atoms. The standard InChI is InChI=1S/C47H63N20O22P3/c1-78-33-22(8-65-16-57-29-39(49)55-15-56-40(29)65)84-25(32(33)69)12-82-92(76,77)89-36-26(85-23(34(36)79-2)9-66-17-58-30-41(66)60-46(50)62-43(30)70)13-83-90(72,73)87-21-7-64(5-19-4-52-28-27(19)53-14-54-38(28)48)6-20(21)11-81-91(74,75)88-35-24(10-68)86-45(37(35)80-3)67-18-59-31-42(67)61-47(51)63-44(31)71/h4,14-18,20-26,32-37,45,52,68-69H,5-13H2,1-3H3,(H,72,73)(H,74,75)(H,76,77)(H2,48,53,54)(H2,49,55,56)(H3,50,60,62,70)(H3,51,61,63,71)/t20-,21?,22+,23+,24-,25-,26-,32?,33?,34?,35?,36?,37?,45-/m1/s1. The lowest BCUT2D eigenvalue weighted by atomic mass is 10.1. The lowest BCUT2D eigenvalue weighted by Crippen LogP contribution is -2.39. The molecule has 8 aromatic rings. The molecule has 4 saturated heterocycles. The van der Waals surface area contributed by atoms with E-state index in [1.165, 1.54) is 62.1 Å². The molecule has 4 aliphatic rings. The van der Waals surface area contributed by atoms with Gasteiger partial charge >= 0.3 is 23.5 Å². The Morgan fingerprint density at radius 3 is 1.85 bits per heavy atom. The number of ether oxygens (including phenoxy) is 6. The van der Waals surface area contributed by atoms with Gasteiger partial charge in [0.1, 0.15) is 90.8 Å². The molecule has 0 aliphatic carbocycles. The minimum absolute atomic E-state index is 0.0148. The summed E-state index contributed by atoms with van der Waals surface area (Å²) in [7, 11) is -12.1. The Kier molecular flexibility index (Phi) is 18.5. The van der Waals surface area contributed by atoms with Crippen LogP contribution < -0.4 is 34.1 Å². The SMILES string of the molecule is COC1C(O)[C@@H](COP(=O)(O)OC2C(OC)[C@H](Cn3cnc4c(=O)[nH]c(N)nc43)O[C@@H]2COP(=O)(O)OC2CN(Cc3c[nH]c4c(N)ncnc34)C[C@@H]2COP(=O)(O)OC2C(OC)[C@H](n3cnc4c(=O)[nH]c(N)nc43)O[C@@H]2CO)O[C@H]1Cn1cnc2c(N)ncnc21. The number of methoxy groups -OCH3 is 3. The molecular formula is C47H63N20O22P3. The number of anilines is 4. The number of aromatic amines is 3. The Balaban J connectivity index is 0.759. The minimum atomic E-state index is -5.34. The van der Waals surface area contributed by atoms with Crippen molar-refractivity contribution in [2.45, 2.75) is 99.1 Å². The van der Waals surface area contributed by atoms with E-state index in [9.17, 15) is 48.2 Å². The predicted molar refractivity (Wildman–Crippen MR) is 311 cm³/mol. The van der Waals surface area contributed by atoms with Gasteiger partial charge in [0.15, 0.2) is 45.8 Å². The van der Waals surface area contributed by atoms with E-state index >= 15 is 0 Å². The first-order valence-corrected chi connectivity index (χ1v) is 32.4. The molecule has 92 heavy (non-hydrogen) atoms. The third kappa shape index (κ3) is 13.2. The van der Waals surface area contributed by atoms with Gasteiger partial charge in [0.25, 0.3) is 11.1 Å². The van der Waals surface area contributed by atoms with Gasteiger partial charge in [-0.15, -0.1) is 0 Å². The molecule has 17 atom stereocenters. The number of hydrogen-bond acceptors (Lipinski definition) is 33. The summed E-state index contributed by atoms with van der Waals surface area (Å²) in [5.74, 6) is -1.23. The second kappa shape index (κ2) is 26.1. The van der Waals surface area contributed by atoms with Crippen LogP contribution in [0.4, 0.5) is 23.5 Å². The topological polar surface area (TPSA) is 583 Å². The zero-order chi connectivity index (χ0) is 65.1. The van der Waals surface area contributed by atoms with E-state index in [1.807, 2.05) is 0 Å². The number of aliphatic hydroxyl groups excluding tert-OH is 2. The molecule has 12 heterocycles. The smallest absolute Gasteiger partial charge is 0.394 e. The maximum absolute atomic E-state index is 14.4. The molecule has 4 aliphatic heterocycles. The fourth-order valence-corrected chi connectivity index (χ4v) is 14.7. The second-order valence-electron chi connectivity index (χ2n) is 21.7. The number of hydrogen-bond donors (Lipinski definition) is 12. The van der Waals surface area contributed by atoms with Crippen molar-refractivity contribution < 1.29 is 94.2 Å². The molecule has 0 aromatic carbocycles. The Labute approximate surface area is 515 Å². The first-order valence-electron chi connectivity index (χ1n) is 27.9. The van der Waals surface area contributed by atoms with Crippen LogP contribution in [0, 0.1) is 5.92 Å². The Hall–Kier alpha value is -6.96. The third-order valence-electron chi connectivity index (χ3n) is 16.0. The van der Waals surface area contributed by atoms with Gasteiger partial charge in [0.2, 0.25) is 11.9 Å². The quantitative estimate of drug-likeness (QED) is 0.0243. The molecule has 4 fully saturated rings. The van der Waals surface area contributed by atoms with Crippen LogP contribution in [0.5, 0.6) is 0 Å². The molecule has 16 N–H and O–H groups in total. The van der Waals surface area contributed by atoms with Crippen molar-refractivity contribution >= 4 is 91.5 Å². The van der Waals surface area contributed by atoms with Crippen molar-refractivity contribution in [2.24, 2.45) is 5.92 Å². The Morgan fingerprint density at radius 2 is 1.16 bits per heavy atom. The maximum Gasteiger partial charge on any atom is 0.472 e. The van der Waals surface area contributed by atoms with E-state index in [2.05, 4.69) is 59.8 Å². The van der Waals surface area contributed by atoms with Crippen LogP contribution in [0.1, 0.15) is 11.8 Å². The predicted octanol–water partition coefficient (Wildman–Crippen LogP) is -2.84. The van der Waals surface area contributed by atoms with Crippen LogP contribution >= 0.6 is 23.5 Å². The molecule has 0 radical (unpaired) electrons. The lowest BCUT2D eigenvalue weighted by Gasteiger charge is -2.27. The van der Waals surface area contributed by atoms with Gasteiger partial charge in [-0.3, -0.25) is 56.2 Å². The summed E-state index contributed by atoms with van der Waals surface area (Å²) in [6.45, 7) is -3.41. The van der Waals surface area contributed by atoms with Gasteiger partial charge in [0.05, 0.1) is 70.1 Å². The summed E-state index contributed by atoms with van der Waals surface area (Å²) in [5.41, 5.74) is 24.3. The van der Waals surface area contributed by atoms with Crippen LogP contribution in [0.15, 0.2) is 47.4 Å².